The number of hydrogen-bond acceptors (Lipinski definition) is 5. The molecule has 3 rings (SSSR count). The number of benzene rings is 1. The van der Waals surface area contributed by atoms with Gasteiger partial charge in [0.1, 0.15) is 22.8 Å². The molecule has 0 aliphatic heterocycles. The van der Waals surface area contributed by atoms with Gasteiger partial charge in [0.25, 0.3) is 0 Å². The fraction of sp³-hybridized carbons (Fsp3) is 0.316. The Bertz CT molecular complexity index is 885. The van der Waals surface area contributed by atoms with E-state index >= 15 is 0 Å². The predicted octanol–water partition coefficient (Wildman–Crippen LogP) is 4.19. The second-order valence-corrected chi connectivity index (χ2v) is 6.62. The van der Waals surface area contributed by atoms with Gasteiger partial charge >= 0.3 is 0 Å². The van der Waals surface area contributed by atoms with Crippen molar-refractivity contribution in [2.24, 2.45) is 0 Å². The fourth-order valence-corrected chi connectivity index (χ4v) is 2.40. The van der Waals surface area contributed by atoms with E-state index in [4.69, 9.17) is 14.5 Å². The van der Waals surface area contributed by atoms with Gasteiger partial charge in [0.15, 0.2) is 5.82 Å². The van der Waals surface area contributed by atoms with E-state index in [9.17, 15) is 0 Å². The molecule has 124 valence electrons. The van der Waals surface area contributed by atoms with Gasteiger partial charge < -0.3 is 9.47 Å². The van der Waals surface area contributed by atoms with Gasteiger partial charge in [-0.25, -0.2) is 15.0 Å². The van der Waals surface area contributed by atoms with Crippen molar-refractivity contribution >= 4 is 10.9 Å². The van der Waals surface area contributed by atoms with Crippen LogP contribution in [0.1, 0.15) is 26.5 Å². The maximum atomic E-state index is 6.14. The van der Waals surface area contributed by atoms with Crippen LogP contribution in [0.3, 0.4) is 0 Å². The van der Waals surface area contributed by atoms with Crippen molar-refractivity contribution in [2.75, 3.05) is 7.11 Å². The van der Waals surface area contributed by atoms with Crippen LogP contribution in [0.4, 0.5) is 0 Å². The van der Waals surface area contributed by atoms with Gasteiger partial charge in [-0.15, -0.1) is 0 Å². The summed E-state index contributed by atoms with van der Waals surface area (Å²) in [4.78, 5) is 13.5. The predicted molar refractivity (Wildman–Crippen MR) is 94.4 cm³/mol. The number of aromatic nitrogens is 3. The molecule has 0 unspecified atom stereocenters. The summed E-state index contributed by atoms with van der Waals surface area (Å²) >= 11 is 0. The molecule has 0 N–H and O–H groups in total. The van der Waals surface area contributed by atoms with Crippen molar-refractivity contribution in [3.05, 3.63) is 42.2 Å². The van der Waals surface area contributed by atoms with Gasteiger partial charge in [0.05, 0.1) is 12.6 Å². The maximum Gasteiger partial charge on any atom is 0.178 e. The molecule has 2 aromatic heterocycles. The summed E-state index contributed by atoms with van der Waals surface area (Å²) in [6, 6.07) is 9.52. The first-order valence-electron chi connectivity index (χ1n) is 7.83. The molecule has 1 aromatic carbocycles. The lowest BCUT2D eigenvalue weighted by Crippen LogP contribution is -2.23. The molecule has 5 heteroatoms. The third-order valence-electron chi connectivity index (χ3n) is 3.42. The lowest BCUT2D eigenvalue weighted by molar-refractivity contribution is 0.133. The van der Waals surface area contributed by atoms with Crippen molar-refractivity contribution in [3.63, 3.8) is 0 Å². The van der Waals surface area contributed by atoms with E-state index in [1.165, 1.54) is 0 Å². The third kappa shape index (κ3) is 3.45. The largest absolute Gasteiger partial charge is 0.497 e. The second-order valence-electron chi connectivity index (χ2n) is 6.62. The molecule has 0 aliphatic rings. The summed E-state index contributed by atoms with van der Waals surface area (Å²) in [5.41, 5.74) is 2.04. The van der Waals surface area contributed by atoms with Crippen LogP contribution in [0.2, 0.25) is 0 Å². The molecule has 24 heavy (non-hydrogen) atoms. The fourth-order valence-electron chi connectivity index (χ4n) is 2.40. The molecule has 0 bridgehead atoms. The van der Waals surface area contributed by atoms with Gasteiger partial charge in [-0.2, -0.15) is 0 Å². The normalized spacial score (nSPS) is 11.5. The van der Waals surface area contributed by atoms with E-state index in [2.05, 4.69) is 9.97 Å². The summed E-state index contributed by atoms with van der Waals surface area (Å²) in [7, 11) is 1.64. The molecule has 0 fully saturated rings. The van der Waals surface area contributed by atoms with E-state index in [1.807, 2.05) is 58.0 Å². The minimum atomic E-state index is -0.320. The lowest BCUT2D eigenvalue weighted by atomic mass is 10.1. The highest BCUT2D eigenvalue weighted by Crippen LogP contribution is 2.33. The molecular formula is C19H21N3O2. The first kappa shape index (κ1) is 16.2. The number of hydrogen-bond donors (Lipinski definition) is 0. The van der Waals surface area contributed by atoms with Crippen LogP contribution in [0.25, 0.3) is 22.4 Å². The average Bonchev–Trinajstić information content (AvgIpc) is 2.52. The summed E-state index contributed by atoms with van der Waals surface area (Å²) in [6.07, 6.45) is 1.74. The summed E-state index contributed by atoms with van der Waals surface area (Å²) in [6.45, 7) is 7.99. The van der Waals surface area contributed by atoms with E-state index in [0.717, 1.165) is 28.1 Å². The van der Waals surface area contributed by atoms with Gasteiger partial charge in [-0.3, -0.25) is 0 Å². The Balaban J connectivity index is 2.23. The topological polar surface area (TPSA) is 57.1 Å². The number of methoxy groups -OCH3 is 1. The SMILES string of the molecule is COc1ccc2c(OC(C)(C)C)cc(-c3nccc(C)n3)nc2c1. The van der Waals surface area contributed by atoms with Crippen LogP contribution in [-0.2, 0) is 0 Å². The molecule has 3 aromatic rings. The van der Waals surface area contributed by atoms with E-state index in [0.29, 0.717) is 11.5 Å². The van der Waals surface area contributed by atoms with Crippen molar-refractivity contribution in [2.45, 2.75) is 33.3 Å². The summed E-state index contributed by atoms with van der Waals surface area (Å²) in [5.74, 6) is 2.09. The molecule has 0 aliphatic carbocycles. The third-order valence-corrected chi connectivity index (χ3v) is 3.42. The zero-order chi connectivity index (χ0) is 17.3. The number of aryl methyl sites for hydroxylation is 1. The number of nitrogens with zero attached hydrogens (tertiary/aromatic N) is 3. The molecule has 0 saturated carbocycles. The van der Waals surface area contributed by atoms with Gasteiger partial charge in [-0.05, 0) is 45.9 Å². The standard InChI is InChI=1S/C19H21N3O2/c1-12-8-9-20-18(21-12)16-11-17(24-19(2,3)4)14-7-6-13(23-5)10-15(14)22-16/h6-11H,1-5H3. The molecule has 5 nitrogen and oxygen atoms in total. The summed E-state index contributed by atoms with van der Waals surface area (Å²) < 4.78 is 11.5. The Morgan fingerprint density at radius 3 is 2.46 bits per heavy atom. The van der Waals surface area contributed by atoms with Crippen LogP contribution in [0, 0.1) is 6.92 Å². The Kier molecular flexibility index (Phi) is 4.09. The monoisotopic (exact) mass is 323 g/mol. The van der Waals surface area contributed by atoms with Crippen LogP contribution < -0.4 is 9.47 Å². The molecule has 0 atom stereocenters. The van der Waals surface area contributed by atoms with E-state index in [-0.39, 0.29) is 5.60 Å². The summed E-state index contributed by atoms with van der Waals surface area (Å²) in [5, 5.41) is 0.933. The maximum absolute atomic E-state index is 6.14. The molecule has 0 saturated heterocycles. The van der Waals surface area contributed by atoms with Gasteiger partial charge in [0, 0.05) is 29.4 Å². The highest BCUT2D eigenvalue weighted by molar-refractivity contribution is 5.88. The minimum absolute atomic E-state index is 0.320. The number of fused-ring (bicyclic) bond motifs is 1. The van der Waals surface area contributed by atoms with Crippen molar-refractivity contribution < 1.29 is 9.47 Å². The van der Waals surface area contributed by atoms with Crippen LogP contribution in [0.15, 0.2) is 36.5 Å². The van der Waals surface area contributed by atoms with Crippen LogP contribution in [0.5, 0.6) is 11.5 Å². The van der Waals surface area contributed by atoms with Gasteiger partial charge in [-0.1, -0.05) is 0 Å². The Morgan fingerprint density at radius 2 is 1.79 bits per heavy atom. The zero-order valence-corrected chi connectivity index (χ0v) is 14.6. The van der Waals surface area contributed by atoms with Crippen molar-refractivity contribution in [1.29, 1.82) is 0 Å². The van der Waals surface area contributed by atoms with Crippen LogP contribution in [-0.4, -0.2) is 27.7 Å². The average molecular weight is 323 g/mol. The quantitative estimate of drug-likeness (QED) is 0.723. The number of pyridine rings is 1. The zero-order valence-electron chi connectivity index (χ0n) is 14.6. The minimum Gasteiger partial charge on any atom is -0.497 e. The highest BCUT2D eigenvalue weighted by atomic mass is 16.5. The molecule has 0 radical (unpaired) electrons. The molecule has 0 amide bonds. The lowest BCUT2D eigenvalue weighted by Gasteiger charge is -2.23. The Morgan fingerprint density at radius 1 is 1.00 bits per heavy atom. The first-order chi connectivity index (χ1) is 11.4. The van der Waals surface area contributed by atoms with Crippen LogP contribution >= 0.6 is 0 Å². The molecule has 0 spiro atoms. The van der Waals surface area contributed by atoms with Crippen molar-refractivity contribution in [1.82, 2.24) is 15.0 Å². The Labute approximate surface area is 141 Å². The van der Waals surface area contributed by atoms with Crippen molar-refractivity contribution in [3.8, 4) is 23.0 Å². The second kappa shape index (κ2) is 6.07. The number of rotatable bonds is 3. The van der Waals surface area contributed by atoms with E-state index in [1.54, 1.807) is 13.3 Å². The van der Waals surface area contributed by atoms with E-state index < -0.39 is 0 Å². The highest BCUT2D eigenvalue weighted by Gasteiger charge is 2.17. The molecule has 2 heterocycles. The molecular weight excluding hydrogens is 302 g/mol. The number of ether oxygens (including phenoxy) is 2. The smallest absolute Gasteiger partial charge is 0.178 e. The first-order valence-corrected chi connectivity index (χ1v) is 7.83. The van der Waals surface area contributed by atoms with Gasteiger partial charge in [0.2, 0.25) is 0 Å². The Hall–Kier alpha value is -2.69.